The molecule has 602 valence electrons. The normalized spacial score (nSPS) is 14.3. The van der Waals surface area contributed by atoms with Gasteiger partial charge in [0.25, 0.3) is 0 Å². The fourth-order valence-electron chi connectivity index (χ4n) is 12.3. The van der Waals surface area contributed by atoms with Crippen molar-refractivity contribution >= 4 is 39.5 Å². The van der Waals surface area contributed by atoms with Crippen LogP contribution >= 0.6 is 15.6 Å². The van der Waals surface area contributed by atoms with E-state index in [-0.39, 0.29) is 25.7 Å². The second kappa shape index (κ2) is 74.0. The van der Waals surface area contributed by atoms with Gasteiger partial charge in [0, 0.05) is 25.7 Å². The third-order valence-electron chi connectivity index (χ3n) is 19.2. The van der Waals surface area contributed by atoms with Gasteiger partial charge in [0.2, 0.25) is 0 Å². The molecule has 0 heterocycles. The van der Waals surface area contributed by atoms with Crippen molar-refractivity contribution in [1.82, 2.24) is 0 Å². The van der Waals surface area contributed by atoms with Gasteiger partial charge in [-0.3, -0.25) is 37.3 Å². The highest BCUT2D eigenvalue weighted by Crippen LogP contribution is 2.45. The van der Waals surface area contributed by atoms with Crippen molar-refractivity contribution in [2.45, 2.75) is 432 Å². The summed E-state index contributed by atoms with van der Waals surface area (Å²) in [6.45, 7) is 9.55. The molecule has 0 spiro atoms. The van der Waals surface area contributed by atoms with Crippen molar-refractivity contribution in [3.8, 4) is 0 Å². The number of rotatable bonds is 80. The number of allylic oxidation sites excluding steroid dienone is 4. The van der Waals surface area contributed by atoms with Crippen LogP contribution in [0.15, 0.2) is 24.3 Å². The SMILES string of the molecule is CCCCCC/C=C\C=C/CCCCCCCC(=O)O[C@H](COC(=O)CCCCCCCCC(C)CC)COP(=O)(O)OC[C@H](O)COP(=O)(O)OC[C@@H](COC(=O)CCCCCCCCCCCCCCCC(C)C)OC(=O)CCCCCCCCCCCCCCCCCCCCCCC. The number of phosphoric ester groups is 2. The van der Waals surface area contributed by atoms with Gasteiger partial charge in [0.15, 0.2) is 12.2 Å². The molecule has 3 N–H and O–H groups in total. The predicted molar refractivity (Wildman–Crippen MR) is 418 cm³/mol. The molecule has 0 aromatic heterocycles. The maximum absolute atomic E-state index is 13.1. The molecule has 0 aromatic rings. The molecule has 0 aliphatic heterocycles. The average Bonchev–Trinajstić information content (AvgIpc) is 0.910. The van der Waals surface area contributed by atoms with Gasteiger partial charge < -0.3 is 33.8 Å². The molecule has 0 aliphatic rings. The Kier molecular flexibility index (Phi) is 72.2. The maximum atomic E-state index is 13.1. The van der Waals surface area contributed by atoms with Crippen molar-refractivity contribution in [3.63, 3.8) is 0 Å². The molecule has 102 heavy (non-hydrogen) atoms. The summed E-state index contributed by atoms with van der Waals surface area (Å²) >= 11 is 0. The monoisotopic (exact) mass is 1490 g/mol. The van der Waals surface area contributed by atoms with E-state index in [1.54, 1.807) is 0 Å². The number of ether oxygens (including phenoxy) is 4. The molecular formula is C83H158O17P2. The molecule has 0 rings (SSSR count). The molecule has 0 bridgehead atoms. The first-order chi connectivity index (χ1) is 49.4. The molecule has 3 unspecified atom stereocenters. The van der Waals surface area contributed by atoms with E-state index in [1.165, 1.54) is 212 Å². The molecule has 0 aromatic carbocycles. The second-order valence-corrected chi connectivity index (χ2v) is 32.8. The Hall–Kier alpha value is -2.46. The van der Waals surface area contributed by atoms with E-state index in [9.17, 15) is 43.2 Å². The second-order valence-electron chi connectivity index (χ2n) is 29.9. The minimum atomic E-state index is -4.97. The van der Waals surface area contributed by atoms with E-state index in [1.807, 2.05) is 0 Å². The van der Waals surface area contributed by atoms with E-state index in [0.717, 1.165) is 121 Å². The van der Waals surface area contributed by atoms with Crippen LogP contribution in [0.2, 0.25) is 0 Å². The van der Waals surface area contributed by atoms with Gasteiger partial charge in [-0.2, -0.15) is 0 Å². The molecule has 19 heteroatoms. The zero-order chi connectivity index (χ0) is 74.9. The Morgan fingerprint density at radius 1 is 0.324 bits per heavy atom. The number of aliphatic hydroxyl groups is 1. The number of carbonyl (C=O) groups is 4. The summed E-state index contributed by atoms with van der Waals surface area (Å²) in [5, 5.41) is 10.6. The van der Waals surface area contributed by atoms with Crippen molar-refractivity contribution in [3.05, 3.63) is 24.3 Å². The van der Waals surface area contributed by atoms with Crippen molar-refractivity contribution in [2.75, 3.05) is 39.6 Å². The standard InChI is InChI=1S/C83H158O17P2/c1-7-10-12-14-16-18-20-22-24-25-26-27-28-29-31-35-40-44-48-56-62-67-82(87)99-78(71-93-80(85)65-59-53-46-42-38-36-32-33-37-41-45-51-57-63-75(4)5)73-97-101(89,90)95-69-77(84)70-96-102(91,92)98-74-79(72-94-81(86)66-60-54-50-49-52-58-64-76(6)9-3)100-83(88)68-61-55-47-43-39-34-30-23-21-19-17-15-13-11-8-2/h19,21,23,30,75-79,84H,7-18,20,22,24-29,31-74H2,1-6H3,(H,89,90)(H,91,92)/b21-19-,30-23-/t76?,77-,78-,79-/m1/s1. The van der Waals surface area contributed by atoms with Crippen LogP contribution in [0.5, 0.6) is 0 Å². The number of carbonyl (C=O) groups excluding carboxylic acids is 4. The Bertz CT molecular complexity index is 2060. The van der Waals surface area contributed by atoms with E-state index >= 15 is 0 Å². The van der Waals surface area contributed by atoms with Crippen LogP contribution in [0.3, 0.4) is 0 Å². The molecule has 6 atom stereocenters. The highest BCUT2D eigenvalue weighted by atomic mass is 31.2. The van der Waals surface area contributed by atoms with E-state index in [4.69, 9.17) is 37.0 Å². The van der Waals surface area contributed by atoms with Gasteiger partial charge in [0.05, 0.1) is 26.4 Å². The Morgan fingerprint density at radius 3 is 0.882 bits per heavy atom. The minimum absolute atomic E-state index is 0.0843. The molecule has 0 fully saturated rings. The highest BCUT2D eigenvalue weighted by Gasteiger charge is 2.30. The Balaban J connectivity index is 5.26. The lowest BCUT2D eigenvalue weighted by atomic mass is 10.00. The highest BCUT2D eigenvalue weighted by molar-refractivity contribution is 7.47. The Morgan fingerprint density at radius 2 is 0.578 bits per heavy atom. The molecule has 0 radical (unpaired) electrons. The van der Waals surface area contributed by atoms with Gasteiger partial charge in [0.1, 0.15) is 19.3 Å². The van der Waals surface area contributed by atoms with E-state index in [2.05, 4.69) is 65.8 Å². The van der Waals surface area contributed by atoms with Gasteiger partial charge in [-0.05, 0) is 63.2 Å². The number of hydrogen-bond donors (Lipinski definition) is 3. The first-order valence-corrected chi connectivity index (χ1v) is 45.3. The van der Waals surface area contributed by atoms with Crippen LogP contribution in [0.4, 0.5) is 0 Å². The third kappa shape index (κ3) is 74.4. The van der Waals surface area contributed by atoms with Crippen molar-refractivity contribution in [2.24, 2.45) is 11.8 Å². The summed E-state index contributed by atoms with van der Waals surface area (Å²) in [7, 11) is -9.94. The first kappa shape index (κ1) is 99.5. The first-order valence-electron chi connectivity index (χ1n) is 42.3. The zero-order valence-electron chi connectivity index (χ0n) is 66.4. The van der Waals surface area contributed by atoms with Crippen LogP contribution < -0.4 is 0 Å². The number of hydrogen-bond acceptors (Lipinski definition) is 15. The quantitative estimate of drug-likeness (QED) is 0.0169. The largest absolute Gasteiger partial charge is 0.472 e. The Labute approximate surface area is 624 Å². The van der Waals surface area contributed by atoms with Crippen LogP contribution in [0.25, 0.3) is 0 Å². The van der Waals surface area contributed by atoms with E-state index < -0.39 is 97.5 Å². The minimum Gasteiger partial charge on any atom is -0.462 e. The van der Waals surface area contributed by atoms with Crippen LogP contribution in [-0.4, -0.2) is 96.7 Å². The maximum Gasteiger partial charge on any atom is 0.472 e. The van der Waals surface area contributed by atoms with Gasteiger partial charge in [-0.1, -0.05) is 361 Å². The zero-order valence-corrected chi connectivity index (χ0v) is 68.2. The number of phosphoric acid groups is 2. The van der Waals surface area contributed by atoms with Gasteiger partial charge >= 0.3 is 39.5 Å². The summed E-state index contributed by atoms with van der Waals surface area (Å²) in [4.78, 5) is 73.1. The van der Waals surface area contributed by atoms with Crippen molar-refractivity contribution < 1.29 is 80.2 Å². The molecule has 0 saturated heterocycles. The molecule has 0 aliphatic carbocycles. The van der Waals surface area contributed by atoms with E-state index in [0.29, 0.717) is 25.7 Å². The average molecular weight is 1490 g/mol. The summed E-state index contributed by atoms with van der Waals surface area (Å²) in [6.07, 6.45) is 67.5. The summed E-state index contributed by atoms with van der Waals surface area (Å²) in [5.74, 6) is -0.622. The number of aliphatic hydroxyl groups excluding tert-OH is 1. The van der Waals surface area contributed by atoms with Crippen molar-refractivity contribution in [1.29, 1.82) is 0 Å². The summed E-state index contributed by atoms with van der Waals surface area (Å²) < 4.78 is 68.7. The van der Waals surface area contributed by atoms with Crippen LogP contribution in [0, 0.1) is 11.8 Å². The number of unbranched alkanes of at least 4 members (excludes halogenated alkanes) is 46. The predicted octanol–water partition coefficient (Wildman–Crippen LogP) is 24.6. The fourth-order valence-corrected chi connectivity index (χ4v) is 13.9. The lowest BCUT2D eigenvalue weighted by Gasteiger charge is -2.21. The topological polar surface area (TPSA) is 237 Å². The van der Waals surface area contributed by atoms with Gasteiger partial charge in [-0.25, -0.2) is 9.13 Å². The van der Waals surface area contributed by atoms with Crippen LogP contribution in [-0.2, 0) is 65.4 Å². The van der Waals surface area contributed by atoms with Crippen LogP contribution in [0.1, 0.15) is 414 Å². The smallest absolute Gasteiger partial charge is 0.462 e. The lowest BCUT2D eigenvalue weighted by Crippen LogP contribution is -2.30. The fraction of sp³-hybridized carbons (Fsp3) is 0.904. The molecule has 17 nitrogen and oxygen atoms in total. The van der Waals surface area contributed by atoms with Gasteiger partial charge in [-0.15, -0.1) is 0 Å². The summed E-state index contributed by atoms with van der Waals surface area (Å²) in [5.41, 5.74) is 0. The molecular weight excluding hydrogens is 1330 g/mol. The number of esters is 4. The molecule has 0 saturated carbocycles. The third-order valence-corrected chi connectivity index (χ3v) is 21.1. The molecule has 0 amide bonds. The summed E-state index contributed by atoms with van der Waals surface area (Å²) in [6, 6.07) is 0. The lowest BCUT2D eigenvalue weighted by molar-refractivity contribution is -0.161.